The van der Waals surface area contributed by atoms with Crippen LogP contribution in [-0.4, -0.2) is 32.0 Å². The van der Waals surface area contributed by atoms with Gasteiger partial charge in [-0.1, -0.05) is 42.5 Å². The van der Waals surface area contributed by atoms with Crippen LogP contribution in [0.2, 0.25) is 0 Å². The molecule has 0 aliphatic carbocycles. The Morgan fingerprint density at radius 2 is 1.87 bits per heavy atom. The lowest BCUT2D eigenvalue weighted by atomic mass is 10.1. The van der Waals surface area contributed by atoms with Gasteiger partial charge in [0, 0.05) is 41.1 Å². The lowest BCUT2D eigenvalue weighted by Crippen LogP contribution is -2.34. The molecule has 194 valence electrons. The van der Waals surface area contributed by atoms with E-state index in [-0.39, 0.29) is 18.0 Å². The Morgan fingerprint density at radius 1 is 1.05 bits per heavy atom. The molecule has 0 saturated heterocycles. The van der Waals surface area contributed by atoms with Gasteiger partial charge < -0.3 is 15.6 Å². The molecule has 0 aliphatic rings. The number of fused-ring (bicyclic) bond motifs is 1. The second-order valence-corrected chi connectivity index (χ2v) is 9.13. The van der Waals surface area contributed by atoms with Crippen molar-refractivity contribution in [3.8, 4) is 17.5 Å². The number of nitrogens with one attached hydrogen (secondary N) is 3. The van der Waals surface area contributed by atoms with Gasteiger partial charge in [0.05, 0.1) is 24.4 Å². The minimum absolute atomic E-state index is 0.168. The van der Waals surface area contributed by atoms with Gasteiger partial charge >= 0.3 is 0 Å². The van der Waals surface area contributed by atoms with Crippen molar-refractivity contribution in [2.75, 3.05) is 11.9 Å². The summed E-state index contributed by atoms with van der Waals surface area (Å²) < 4.78 is 1.41. The second kappa shape index (κ2) is 11.9. The number of amides is 1. The molecule has 2 aromatic carbocycles. The normalized spacial score (nSPS) is 10.7. The van der Waals surface area contributed by atoms with E-state index < -0.39 is 0 Å². The van der Waals surface area contributed by atoms with Crippen LogP contribution in [0.15, 0.2) is 90.1 Å². The number of anilines is 1. The zero-order chi connectivity index (χ0) is 27.0. The fourth-order valence-corrected chi connectivity index (χ4v) is 4.36. The van der Waals surface area contributed by atoms with Crippen molar-refractivity contribution in [1.29, 1.82) is 5.26 Å². The molecule has 3 heterocycles. The van der Waals surface area contributed by atoms with E-state index in [1.54, 1.807) is 24.5 Å². The van der Waals surface area contributed by atoms with Gasteiger partial charge in [-0.2, -0.15) is 5.26 Å². The SMILES string of the molecule is N#Cc1ccc(CCCNc2cnc(-c3ccccc3)n(CC(=O)NCc3cc4cnccc4[nH]3)c2=O)cc1. The molecule has 3 aromatic heterocycles. The van der Waals surface area contributed by atoms with E-state index in [1.807, 2.05) is 54.6 Å². The van der Waals surface area contributed by atoms with Crippen LogP contribution in [0.5, 0.6) is 0 Å². The first kappa shape index (κ1) is 25.4. The summed E-state index contributed by atoms with van der Waals surface area (Å²) in [4.78, 5) is 38.3. The number of benzene rings is 2. The number of carbonyl (C=O) groups excluding carboxylic acids is 1. The van der Waals surface area contributed by atoms with Gasteiger partial charge in [0.1, 0.15) is 18.1 Å². The number of hydrogen-bond acceptors (Lipinski definition) is 6. The van der Waals surface area contributed by atoms with Gasteiger partial charge in [0.2, 0.25) is 5.91 Å². The van der Waals surface area contributed by atoms with E-state index in [2.05, 4.69) is 31.7 Å². The van der Waals surface area contributed by atoms with Crippen LogP contribution in [0.3, 0.4) is 0 Å². The van der Waals surface area contributed by atoms with E-state index in [0.29, 0.717) is 30.2 Å². The standard InChI is InChI=1S/C30H27N7O2/c31-16-22-10-8-21(9-11-22)5-4-13-33-27-19-35-29(23-6-2-1-3-7-23)37(30(27)39)20-28(38)34-18-25-15-24-17-32-14-12-26(24)36-25/h1-3,6-12,14-15,17,19,33,36H,4-5,13,18,20H2,(H,34,38). The van der Waals surface area contributed by atoms with Crippen LogP contribution < -0.4 is 16.2 Å². The molecule has 39 heavy (non-hydrogen) atoms. The molecule has 0 saturated carbocycles. The van der Waals surface area contributed by atoms with Crippen molar-refractivity contribution in [2.45, 2.75) is 25.9 Å². The van der Waals surface area contributed by atoms with E-state index in [1.165, 1.54) is 10.8 Å². The topological polar surface area (TPSA) is 128 Å². The van der Waals surface area contributed by atoms with Crippen molar-refractivity contribution >= 4 is 22.5 Å². The number of hydrogen-bond donors (Lipinski definition) is 3. The molecule has 0 unspecified atom stereocenters. The van der Waals surface area contributed by atoms with Crippen LogP contribution in [0.1, 0.15) is 23.2 Å². The number of aromatic amines is 1. The average Bonchev–Trinajstić information content (AvgIpc) is 3.40. The summed E-state index contributed by atoms with van der Waals surface area (Å²) in [5, 5.41) is 16.0. The Bertz CT molecular complexity index is 1650. The van der Waals surface area contributed by atoms with Gasteiger partial charge in [0.15, 0.2) is 0 Å². The van der Waals surface area contributed by atoms with Crippen molar-refractivity contribution in [3.05, 3.63) is 112 Å². The average molecular weight is 518 g/mol. The largest absolute Gasteiger partial charge is 0.379 e. The highest BCUT2D eigenvalue weighted by Crippen LogP contribution is 2.17. The maximum absolute atomic E-state index is 13.5. The van der Waals surface area contributed by atoms with Crippen molar-refractivity contribution in [1.82, 2.24) is 24.8 Å². The summed E-state index contributed by atoms with van der Waals surface area (Å²) in [5.41, 5.74) is 4.31. The fourth-order valence-electron chi connectivity index (χ4n) is 4.36. The Kier molecular flexibility index (Phi) is 7.74. The lowest BCUT2D eigenvalue weighted by Gasteiger charge is -2.15. The fraction of sp³-hybridized carbons (Fsp3) is 0.167. The Hall–Kier alpha value is -5.23. The summed E-state index contributed by atoms with van der Waals surface area (Å²) in [6, 6.07) is 22.7. The van der Waals surface area contributed by atoms with Crippen LogP contribution in [0, 0.1) is 11.3 Å². The smallest absolute Gasteiger partial charge is 0.277 e. The lowest BCUT2D eigenvalue weighted by molar-refractivity contribution is -0.121. The zero-order valence-electron chi connectivity index (χ0n) is 21.2. The zero-order valence-corrected chi connectivity index (χ0v) is 21.2. The van der Waals surface area contributed by atoms with Gasteiger partial charge in [-0.3, -0.25) is 19.1 Å². The molecule has 9 heteroatoms. The molecule has 1 amide bonds. The Morgan fingerprint density at radius 3 is 2.64 bits per heavy atom. The van der Waals surface area contributed by atoms with Crippen LogP contribution in [0.25, 0.3) is 22.3 Å². The first-order chi connectivity index (χ1) is 19.1. The first-order valence-corrected chi connectivity index (χ1v) is 12.7. The first-order valence-electron chi connectivity index (χ1n) is 12.7. The van der Waals surface area contributed by atoms with Crippen molar-refractivity contribution in [3.63, 3.8) is 0 Å². The quantitative estimate of drug-likeness (QED) is 0.240. The van der Waals surface area contributed by atoms with Gasteiger partial charge in [-0.25, -0.2) is 4.98 Å². The highest BCUT2D eigenvalue weighted by molar-refractivity contribution is 5.80. The molecule has 3 N–H and O–H groups in total. The molecule has 0 atom stereocenters. The Balaban J connectivity index is 1.28. The van der Waals surface area contributed by atoms with Crippen molar-refractivity contribution < 1.29 is 4.79 Å². The van der Waals surface area contributed by atoms with Crippen LogP contribution >= 0.6 is 0 Å². The molecular formula is C30H27N7O2. The number of nitriles is 1. The highest BCUT2D eigenvalue weighted by Gasteiger charge is 2.15. The highest BCUT2D eigenvalue weighted by atomic mass is 16.2. The van der Waals surface area contributed by atoms with Gasteiger partial charge in [0.25, 0.3) is 5.56 Å². The van der Waals surface area contributed by atoms with Crippen LogP contribution in [0.4, 0.5) is 5.69 Å². The third kappa shape index (κ3) is 6.19. The van der Waals surface area contributed by atoms with Gasteiger partial charge in [-0.05, 0) is 42.7 Å². The summed E-state index contributed by atoms with van der Waals surface area (Å²) in [6.45, 7) is 0.686. The third-order valence-corrected chi connectivity index (χ3v) is 6.37. The molecule has 9 nitrogen and oxygen atoms in total. The molecule has 0 bridgehead atoms. The second-order valence-electron chi connectivity index (χ2n) is 9.13. The molecule has 0 radical (unpaired) electrons. The summed E-state index contributed by atoms with van der Waals surface area (Å²) in [5.74, 6) is 0.126. The molecule has 0 aliphatic heterocycles. The number of aryl methyl sites for hydroxylation is 1. The minimum atomic E-state index is -0.311. The Labute approximate surface area is 225 Å². The number of carbonyl (C=O) groups is 1. The maximum atomic E-state index is 13.5. The monoisotopic (exact) mass is 517 g/mol. The van der Waals surface area contributed by atoms with E-state index >= 15 is 0 Å². The summed E-state index contributed by atoms with van der Waals surface area (Å²) >= 11 is 0. The van der Waals surface area contributed by atoms with E-state index in [0.717, 1.165) is 40.6 Å². The molecule has 5 rings (SSSR count). The molecule has 0 spiro atoms. The summed E-state index contributed by atoms with van der Waals surface area (Å²) in [7, 11) is 0. The van der Waals surface area contributed by atoms with E-state index in [9.17, 15) is 9.59 Å². The number of nitrogens with zero attached hydrogens (tertiary/aromatic N) is 4. The predicted molar refractivity (Wildman–Crippen MR) is 150 cm³/mol. The van der Waals surface area contributed by atoms with E-state index in [4.69, 9.17) is 5.26 Å². The maximum Gasteiger partial charge on any atom is 0.277 e. The molecule has 0 fully saturated rings. The predicted octanol–water partition coefficient (Wildman–Crippen LogP) is 4.02. The number of aromatic nitrogens is 4. The number of rotatable bonds is 10. The van der Waals surface area contributed by atoms with Crippen molar-refractivity contribution in [2.24, 2.45) is 0 Å². The van der Waals surface area contributed by atoms with Gasteiger partial charge in [-0.15, -0.1) is 0 Å². The molecule has 5 aromatic rings. The number of pyridine rings is 1. The summed E-state index contributed by atoms with van der Waals surface area (Å²) in [6.07, 6.45) is 6.58. The molecular weight excluding hydrogens is 490 g/mol. The third-order valence-electron chi connectivity index (χ3n) is 6.37. The number of H-pyrrole nitrogens is 1. The van der Waals surface area contributed by atoms with Crippen LogP contribution in [-0.2, 0) is 24.3 Å². The minimum Gasteiger partial charge on any atom is -0.379 e.